The Morgan fingerprint density at radius 2 is 2.00 bits per heavy atom. The molecule has 74 valence electrons. The van der Waals surface area contributed by atoms with Gasteiger partial charge in [0.15, 0.2) is 0 Å². The number of carbonyl (C=O) groups excluding carboxylic acids is 1. The van der Waals surface area contributed by atoms with E-state index in [0.717, 1.165) is 18.4 Å². The maximum absolute atomic E-state index is 11.6. The molecule has 1 aliphatic carbocycles. The first-order chi connectivity index (χ1) is 6.68. The van der Waals surface area contributed by atoms with E-state index in [1.807, 2.05) is 30.3 Å². The SMILES string of the molecule is CC1(NC(=O)Cc2ccccc2)CC1. The van der Waals surface area contributed by atoms with E-state index in [2.05, 4.69) is 12.2 Å². The molecule has 0 aliphatic heterocycles. The van der Waals surface area contributed by atoms with E-state index in [0.29, 0.717) is 6.42 Å². The van der Waals surface area contributed by atoms with Gasteiger partial charge in [-0.25, -0.2) is 0 Å². The predicted octanol–water partition coefficient (Wildman–Crippen LogP) is 1.90. The number of rotatable bonds is 3. The fourth-order valence-corrected chi connectivity index (χ4v) is 1.47. The van der Waals surface area contributed by atoms with Gasteiger partial charge in [0.2, 0.25) is 5.91 Å². The van der Waals surface area contributed by atoms with Gasteiger partial charge in [-0.2, -0.15) is 0 Å². The number of hydrogen-bond acceptors (Lipinski definition) is 1. The van der Waals surface area contributed by atoms with E-state index in [1.54, 1.807) is 0 Å². The monoisotopic (exact) mass is 189 g/mol. The molecule has 0 radical (unpaired) electrons. The van der Waals surface area contributed by atoms with Crippen molar-refractivity contribution in [1.82, 2.24) is 5.32 Å². The predicted molar refractivity (Wildman–Crippen MR) is 55.9 cm³/mol. The van der Waals surface area contributed by atoms with Crippen molar-refractivity contribution >= 4 is 5.91 Å². The maximum Gasteiger partial charge on any atom is 0.224 e. The third kappa shape index (κ3) is 2.34. The van der Waals surface area contributed by atoms with Gasteiger partial charge in [0.25, 0.3) is 0 Å². The Balaban J connectivity index is 1.89. The van der Waals surface area contributed by atoms with E-state index in [4.69, 9.17) is 0 Å². The Labute approximate surface area is 84.3 Å². The fourth-order valence-electron chi connectivity index (χ4n) is 1.47. The van der Waals surface area contributed by atoms with Gasteiger partial charge in [0.05, 0.1) is 6.42 Å². The van der Waals surface area contributed by atoms with E-state index >= 15 is 0 Å². The van der Waals surface area contributed by atoms with Crippen LogP contribution in [0.5, 0.6) is 0 Å². The van der Waals surface area contributed by atoms with Crippen molar-refractivity contribution in [2.24, 2.45) is 0 Å². The normalized spacial score (nSPS) is 17.5. The van der Waals surface area contributed by atoms with Gasteiger partial charge in [-0.05, 0) is 25.3 Å². The highest BCUT2D eigenvalue weighted by Crippen LogP contribution is 2.34. The Morgan fingerprint density at radius 3 is 2.57 bits per heavy atom. The van der Waals surface area contributed by atoms with Crippen LogP contribution in [0.3, 0.4) is 0 Å². The van der Waals surface area contributed by atoms with Crippen LogP contribution in [0.15, 0.2) is 30.3 Å². The van der Waals surface area contributed by atoms with Crippen molar-refractivity contribution in [3.63, 3.8) is 0 Å². The summed E-state index contributed by atoms with van der Waals surface area (Å²) in [5, 5.41) is 3.04. The molecule has 0 saturated heterocycles. The van der Waals surface area contributed by atoms with Crippen molar-refractivity contribution in [2.75, 3.05) is 0 Å². The van der Waals surface area contributed by atoms with Crippen molar-refractivity contribution in [2.45, 2.75) is 31.7 Å². The Kier molecular flexibility index (Phi) is 2.28. The average molecular weight is 189 g/mol. The van der Waals surface area contributed by atoms with Crippen LogP contribution in [0.25, 0.3) is 0 Å². The molecule has 0 heterocycles. The molecule has 1 fully saturated rings. The highest BCUT2D eigenvalue weighted by Gasteiger charge is 2.38. The van der Waals surface area contributed by atoms with Gasteiger partial charge in [0, 0.05) is 5.54 Å². The van der Waals surface area contributed by atoms with Crippen molar-refractivity contribution in [3.8, 4) is 0 Å². The summed E-state index contributed by atoms with van der Waals surface area (Å²) >= 11 is 0. The number of hydrogen-bond donors (Lipinski definition) is 1. The van der Waals surface area contributed by atoms with E-state index in [9.17, 15) is 4.79 Å². The number of nitrogens with one attached hydrogen (secondary N) is 1. The summed E-state index contributed by atoms with van der Waals surface area (Å²) in [6.45, 7) is 2.09. The number of carbonyl (C=O) groups is 1. The summed E-state index contributed by atoms with van der Waals surface area (Å²) in [6.07, 6.45) is 2.73. The van der Waals surface area contributed by atoms with E-state index in [-0.39, 0.29) is 11.4 Å². The lowest BCUT2D eigenvalue weighted by molar-refractivity contribution is -0.121. The molecule has 1 amide bonds. The van der Waals surface area contributed by atoms with Gasteiger partial charge in [-0.1, -0.05) is 30.3 Å². The molecule has 0 spiro atoms. The zero-order valence-corrected chi connectivity index (χ0v) is 8.42. The Hall–Kier alpha value is -1.31. The van der Waals surface area contributed by atoms with Crippen molar-refractivity contribution in [1.29, 1.82) is 0 Å². The molecular formula is C12H15NO. The zero-order valence-electron chi connectivity index (χ0n) is 8.42. The molecule has 2 heteroatoms. The van der Waals surface area contributed by atoms with Gasteiger partial charge in [-0.3, -0.25) is 4.79 Å². The second kappa shape index (κ2) is 3.45. The summed E-state index contributed by atoms with van der Waals surface area (Å²) in [5.41, 5.74) is 1.18. The van der Waals surface area contributed by atoms with Crippen LogP contribution in [0.1, 0.15) is 25.3 Å². The van der Waals surface area contributed by atoms with Gasteiger partial charge >= 0.3 is 0 Å². The molecule has 1 aromatic rings. The smallest absolute Gasteiger partial charge is 0.224 e. The summed E-state index contributed by atoms with van der Waals surface area (Å²) in [4.78, 5) is 11.6. The summed E-state index contributed by atoms with van der Waals surface area (Å²) < 4.78 is 0. The second-order valence-corrected chi connectivity index (χ2v) is 4.27. The standard InChI is InChI=1S/C12H15NO/c1-12(7-8-12)13-11(14)9-10-5-3-2-4-6-10/h2-6H,7-9H2,1H3,(H,13,14). The first-order valence-electron chi connectivity index (χ1n) is 5.03. The lowest BCUT2D eigenvalue weighted by Crippen LogP contribution is -2.35. The highest BCUT2D eigenvalue weighted by molar-refractivity contribution is 5.79. The van der Waals surface area contributed by atoms with Crippen LogP contribution in [-0.2, 0) is 11.2 Å². The molecule has 2 nitrogen and oxygen atoms in total. The van der Waals surface area contributed by atoms with E-state index < -0.39 is 0 Å². The lowest BCUT2D eigenvalue weighted by atomic mass is 10.1. The molecule has 1 saturated carbocycles. The average Bonchev–Trinajstić information content (AvgIpc) is 2.84. The molecule has 1 aromatic carbocycles. The first kappa shape index (κ1) is 9.25. The second-order valence-electron chi connectivity index (χ2n) is 4.27. The third-order valence-corrected chi connectivity index (χ3v) is 2.65. The molecule has 1 N–H and O–H groups in total. The van der Waals surface area contributed by atoms with Crippen molar-refractivity contribution < 1.29 is 4.79 Å². The minimum Gasteiger partial charge on any atom is -0.351 e. The molecular weight excluding hydrogens is 174 g/mol. The first-order valence-corrected chi connectivity index (χ1v) is 5.03. The molecule has 1 aliphatic rings. The molecule has 0 atom stereocenters. The topological polar surface area (TPSA) is 29.1 Å². The van der Waals surface area contributed by atoms with Crippen LogP contribution in [-0.4, -0.2) is 11.4 Å². The largest absolute Gasteiger partial charge is 0.351 e. The zero-order chi connectivity index (χ0) is 10.0. The third-order valence-electron chi connectivity index (χ3n) is 2.65. The number of amides is 1. The summed E-state index contributed by atoms with van der Waals surface area (Å²) in [6, 6.07) is 9.84. The minimum atomic E-state index is 0.103. The van der Waals surface area contributed by atoms with Gasteiger partial charge in [-0.15, -0.1) is 0 Å². The lowest BCUT2D eigenvalue weighted by Gasteiger charge is -2.10. The van der Waals surface area contributed by atoms with E-state index in [1.165, 1.54) is 0 Å². The quantitative estimate of drug-likeness (QED) is 0.773. The maximum atomic E-state index is 11.6. The molecule has 14 heavy (non-hydrogen) atoms. The van der Waals surface area contributed by atoms with Gasteiger partial charge in [0.1, 0.15) is 0 Å². The Morgan fingerprint density at radius 1 is 1.36 bits per heavy atom. The fraction of sp³-hybridized carbons (Fsp3) is 0.417. The van der Waals surface area contributed by atoms with Crippen LogP contribution in [0.2, 0.25) is 0 Å². The molecule has 0 aromatic heterocycles. The highest BCUT2D eigenvalue weighted by atomic mass is 16.1. The molecule has 0 unspecified atom stereocenters. The van der Waals surface area contributed by atoms with Crippen LogP contribution < -0.4 is 5.32 Å². The minimum absolute atomic E-state index is 0.103. The number of benzene rings is 1. The van der Waals surface area contributed by atoms with Crippen LogP contribution >= 0.6 is 0 Å². The Bertz CT molecular complexity index is 327. The summed E-state index contributed by atoms with van der Waals surface area (Å²) in [5.74, 6) is 0.135. The summed E-state index contributed by atoms with van der Waals surface area (Å²) in [7, 11) is 0. The molecule has 0 bridgehead atoms. The molecule has 2 rings (SSSR count). The van der Waals surface area contributed by atoms with Crippen LogP contribution in [0, 0.1) is 0 Å². The van der Waals surface area contributed by atoms with Crippen molar-refractivity contribution in [3.05, 3.63) is 35.9 Å². The van der Waals surface area contributed by atoms with Crippen LogP contribution in [0.4, 0.5) is 0 Å². The van der Waals surface area contributed by atoms with Gasteiger partial charge < -0.3 is 5.32 Å².